The van der Waals surface area contributed by atoms with Crippen molar-refractivity contribution in [3.8, 4) is 0 Å². The molecule has 9 nitrogen and oxygen atoms in total. The number of nitrogens with zero attached hydrogens (tertiary/aromatic N) is 4. The van der Waals surface area contributed by atoms with Crippen LogP contribution in [0.5, 0.6) is 0 Å². The third-order valence-electron chi connectivity index (χ3n) is 3.56. The van der Waals surface area contributed by atoms with Gasteiger partial charge in [0.2, 0.25) is 11.7 Å². The minimum Gasteiger partial charge on any atom is -0.391 e. The van der Waals surface area contributed by atoms with Gasteiger partial charge in [-0.2, -0.15) is 9.97 Å². The van der Waals surface area contributed by atoms with Crippen molar-refractivity contribution in [3.05, 3.63) is 6.33 Å². The largest absolute Gasteiger partial charge is 0.391 e. The summed E-state index contributed by atoms with van der Waals surface area (Å²) >= 11 is 0. The smallest absolute Gasteiger partial charge is 0.225 e. The molecular weight excluding hydrogens is 283 g/mol. The average Bonchev–Trinajstić information content (AvgIpc) is 3.00. The van der Waals surface area contributed by atoms with Gasteiger partial charge in [-0.3, -0.25) is 4.57 Å². The van der Waals surface area contributed by atoms with E-state index in [2.05, 4.69) is 15.0 Å². The van der Waals surface area contributed by atoms with Crippen LogP contribution in [0.3, 0.4) is 0 Å². The first-order valence-electron chi connectivity index (χ1n) is 6.24. The fraction of sp³-hybridized carbons (Fsp3) is 0.545. The molecule has 3 atom stereocenters. The topological polar surface area (TPSA) is 134 Å². The molecule has 2 aromatic rings. The van der Waals surface area contributed by atoms with Gasteiger partial charge < -0.3 is 26.0 Å². The zero-order chi connectivity index (χ0) is 15.2. The molecule has 2 aromatic heterocycles. The fourth-order valence-electron chi connectivity index (χ4n) is 2.42. The molecule has 1 aliphatic rings. The summed E-state index contributed by atoms with van der Waals surface area (Å²) < 4.78 is 26.1. The lowest BCUT2D eigenvalue weighted by atomic mass is 10.1. The fourth-order valence-corrected chi connectivity index (χ4v) is 2.42. The maximum atomic E-state index is 14.1. The van der Waals surface area contributed by atoms with E-state index in [-0.39, 0.29) is 18.2 Å². The molecule has 10 heteroatoms. The molecule has 5 N–H and O–H groups in total. The van der Waals surface area contributed by atoms with E-state index in [0.29, 0.717) is 11.2 Å². The summed E-state index contributed by atoms with van der Waals surface area (Å²) in [4.78, 5) is 11.9. The SMILES string of the molecule is CO[C@]1(CO)O[C@@H](n2cnc3c(N)nc(N)nc32)C[C@@H]1F. The van der Waals surface area contributed by atoms with E-state index >= 15 is 0 Å². The van der Waals surface area contributed by atoms with Crippen LogP contribution >= 0.6 is 0 Å². The van der Waals surface area contributed by atoms with Crippen molar-refractivity contribution in [2.24, 2.45) is 0 Å². The molecule has 0 bridgehead atoms. The first-order valence-corrected chi connectivity index (χ1v) is 6.24. The van der Waals surface area contributed by atoms with Crippen LogP contribution in [0.2, 0.25) is 0 Å². The average molecular weight is 298 g/mol. The maximum absolute atomic E-state index is 14.1. The number of aromatic nitrogens is 4. The van der Waals surface area contributed by atoms with Gasteiger partial charge in [-0.05, 0) is 0 Å². The third kappa shape index (κ3) is 1.99. The van der Waals surface area contributed by atoms with Crippen LogP contribution in [0.15, 0.2) is 6.33 Å². The first-order chi connectivity index (χ1) is 10.0. The van der Waals surface area contributed by atoms with E-state index in [0.717, 1.165) is 0 Å². The van der Waals surface area contributed by atoms with Gasteiger partial charge in [0.15, 0.2) is 17.6 Å². The van der Waals surface area contributed by atoms with Crippen molar-refractivity contribution >= 4 is 22.9 Å². The molecule has 0 aromatic carbocycles. The van der Waals surface area contributed by atoms with Gasteiger partial charge in [0.25, 0.3) is 0 Å². The Morgan fingerprint density at radius 2 is 2.33 bits per heavy atom. The van der Waals surface area contributed by atoms with Crippen LogP contribution in [0.25, 0.3) is 11.2 Å². The van der Waals surface area contributed by atoms with Gasteiger partial charge >= 0.3 is 0 Å². The molecule has 1 fully saturated rings. The number of methoxy groups -OCH3 is 1. The normalized spacial score (nSPS) is 29.3. The predicted octanol–water partition coefficient (Wildman–Crippen LogP) is -0.417. The monoisotopic (exact) mass is 298 g/mol. The van der Waals surface area contributed by atoms with Gasteiger partial charge in [-0.1, -0.05) is 0 Å². The highest BCUT2D eigenvalue weighted by atomic mass is 19.1. The number of aliphatic hydroxyl groups excluding tert-OH is 1. The second kappa shape index (κ2) is 4.76. The molecule has 0 radical (unpaired) electrons. The van der Waals surface area contributed by atoms with Gasteiger partial charge in [-0.25, -0.2) is 9.37 Å². The van der Waals surface area contributed by atoms with Crippen LogP contribution in [0.4, 0.5) is 16.2 Å². The van der Waals surface area contributed by atoms with Crippen molar-refractivity contribution < 1.29 is 19.0 Å². The zero-order valence-electron chi connectivity index (χ0n) is 11.2. The molecule has 3 rings (SSSR count). The van der Waals surface area contributed by atoms with Crippen LogP contribution in [0, 0.1) is 0 Å². The van der Waals surface area contributed by atoms with Gasteiger partial charge in [0.05, 0.1) is 6.33 Å². The second-order valence-electron chi connectivity index (χ2n) is 4.74. The summed E-state index contributed by atoms with van der Waals surface area (Å²) in [6.07, 6.45) is -0.850. The van der Waals surface area contributed by atoms with Crippen LogP contribution in [0.1, 0.15) is 12.6 Å². The lowest BCUT2D eigenvalue weighted by Gasteiger charge is -2.26. The molecule has 114 valence electrons. The number of nitrogen functional groups attached to an aromatic ring is 2. The molecule has 0 amide bonds. The zero-order valence-corrected chi connectivity index (χ0v) is 11.2. The summed E-state index contributed by atoms with van der Waals surface area (Å²) in [5.41, 5.74) is 12.0. The molecule has 0 aliphatic carbocycles. The molecule has 1 saturated heterocycles. The summed E-state index contributed by atoms with van der Waals surface area (Å²) in [6.45, 7) is -0.604. The van der Waals surface area contributed by atoms with Crippen molar-refractivity contribution in [2.45, 2.75) is 24.6 Å². The minimum atomic E-state index is -1.69. The number of alkyl halides is 1. The Morgan fingerprint density at radius 3 is 2.95 bits per heavy atom. The Balaban J connectivity index is 2.03. The number of halogens is 1. The molecule has 0 saturated carbocycles. The van der Waals surface area contributed by atoms with Gasteiger partial charge in [-0.15, -0.1) is 0 Å². The van der Waals surface area contributed by atoms with E-state index in [1.807, 2.05) is 0 Å². The Bertz CT molecular complexity index is 673. The number of hydrogen-bond donors (Lipinski definition) is 3. The highest BCUT2D eigenvalue weighted by molar-refractivity contribution is 5.82. The quantitative estimate of drug-likeness (QED) is 0.695. The molecule has 1 aliphatic heterocycles. The van der Waals surface area contributed by atoms with Gasteiger partial charge in [0.1, 0.15) is 18.4 Å². The summed E-state index contributed by atoms with van der Waals surface area (Å²) in [5, 5.41) is 9.32. The van der Waals surface area contributed by atoms with Crippen molar-refractivity contribution in [3.63, 3.8) is 0 Å². The first kappa shape index (κ1) is 13.9. The maximum Gasteiger partial charge on any atom is 0.225 e. The third-order valence-corrected chi connectivity index (χ3v) is 3.56. The number of aliphatic hydroxyl groups is 1. The summed E-state index contributed by atoms with van der Waals surface area (Å²) in [6, 6.07) is 0. The lowest BCUT2D eigenvalue weighted by Crippen LogP contribution is -2.42. The molecular formula is C11H15FN6O3. The summed E-state index contributed by atoms with van der Waals surface area (Å²) in [7, 11) is 1.27. The highest BCUT2D eigenvalue weighted by Crippen LogP contribution is 2.40. The van der Waals surface area contributed by atoms with Crippen molar-refractivity contribution in [1.82, 2.24) is 19.5 Å². The molecule has 3 heterocycles. The number of imidazole rings is 1. The van der Waals surface area contributed by atoms with E-state index in [4.69, 9.17) is 20.9 Å². The lowest BCUT2D eigenvalue weighted by molar-refractivity contribution is -0.259. The Morgan fingerprint density at radius 1 is 1.57 bits per heavy atom. The van der Waals surface area contributed by atoms with Crippen LogP contribution in [-0.2, 0) is 9.47 Å². The van der Waals surface area contributed by atoms with Crippen molar-refractivity contribution in [1.29, 1.82) is 0 Å². The molecule has 21 heavy (non-hydrogen) atoms. The minimum absolute atomic E-state index is 0.0169. The molecule has 0 spiro atoms. The van der Waals surface area contributed by atoms with E-state index in [9.17, 15) is 9.50 Å². The van der Waals surface area contributed by atoms with Crippen LogP contribution in [-0.4, -0.2) is 50.3 Å². The Labute approximate surface area is 118 Å². The number of fused-ring (bicyclic) bond motifs is 1. The predicted molar refractivity (Wildman–Crippen MR) is 70.6 cm³/mol. The number of hydrogen-bond acceptors (Lipinski definition) is 8. The van der Waals surface area contributed by atoms with E-state index in [1.165, 1.54) is 18.0 Å². The van der Waals surface area contributed by atoms with Crippen molar-refractivity contribution in [2.75, 3.05) is 25.2 Å². The highest BCUT2D eigenvalue weighted by Gasteiger charge is 2.50. The van der Waals surface area contributed by atoms with Gasteiger partial charge in [0, 0.05) is 13.5 Å². The van der Waals surface area contributed by atoms with E-state index in [1.54, 1.807) is 0 Å². The van der Waals surface area contributed by atoms with E-state index < -0.39 is 24.8 Å². The Kier molecular flexibility index (Phi) is 3.15. The second-order valence-corrected chi connectivity index (χ2v) is 4.74. The molecule has 0 unspecified atom stereocenters. The standard InChI is InChI=1S/C11H15FN6O3/c1-20-11(3-19)5(12)2-6(21-11)18-4-15-7-8(13)16-10(14)17-9(7)18/h4-6,19H,2-3H2,1H3,(H4,13,14,16,17)/t5-,6+,11+/m0/s1. The summed E-state index contributed by atoms with van der Waals surface area (Å²) in [5.74, 6) is -1.58. The Hall–Kier alpha value is -2.04. The number of nitrogens with two attached hydrogens (primary N) is 2. The number of anilines is 2. The van der Waals surface area contributed by atoms with Crippen LogP contribution < -0.4 is 11.5 Å². The number of rotatable bonds is 3. The number of ether oxygens (including phenoxy) is 2.